The minimum absolute atomic E-state index is 1.06. The minimum atomic E-state index is 1.06. The van der Waals surface area contributed by atoms with Gasteiger partial charge in [-0.2, -0.15) is 0 Å². The van der Waals surface area contributed by atoms with Gasteiger partial charge in [-0.25, -0.2) is 0 Å². The fraction of sp³-hybridized carbons (Fsp3) is 1.00. The molecule has 0 aromatic carbocycles. The van der Waals surface area contributed by atoms with Gasteiger partial charge < -0.3 is 0 Å². The van der Waals surface area contributed by atoms with Crippen LogP contribution in [0.2, 0.25) is 0 Å². The normalized spacial score (nSPS) is 80.0. The number of rotatable bonds is 0. The van der Waals surface area contributed by atoms with Crippen LogP contribution in [0.3, 0.4) is 0 Å². The van der Waals surface area contributed by atoms with Crippen molar-refractivity contribution < 1.29 is 0 Å². The second kappa shape index (κ2) is 8.22. The Morgan fingerprint density at radius 1 is 0.111 bits per heavy atom. The molecule has 288 valence electrons. The van der Waals surface area contributed by atoms with Gasteiger partial charge in [0, 0.05) is 0 Å². The lowest BCUT2D eigenvalue weighted by Crippen LogP contribution is -2.79. The second-order valence-electron chi connectivity index (χ2n) is 28.4. The molecule has 24 saturated carbocycles. The third-order valence-corrected chi connectivity index (χ3v) is 30.6. The fourth-order valence-electron chi connectivity index (χ4n) is 28.5. The van der Waals surface area contributed by atoms with Crippen molar-refractivity contribution in [1.82, 2.24) is 0 Å². The monoisotopic (exact) mass is 721 g/mol. The van der Waals surface area contributed by atoms with E-state index in [4.69, 9.17) is 0 Å². The minimum Gasteiger partial charge on any atom is -0.0464 e. The molecule has 54 heavy (non-hydrogen) atoms. The zero-order valence-electron chi connectivity index (χ0n) is 33.8. The smallest absolute Gasteiger partial charge is 0.0183 e. The van der Waals surface area contributed by atoms with Crippen LogP contribution in [0.15, 0.2) is 0 Å². The van der Waals surface area contributed by atoms with E-state index in [0.717, 1.165) is 32.5 Å². The summed E-state index contributed by atoms with van der Waals surface area (Å²) in [5, 5.41) is 0. The van der Waals surface area contributed by atoms with E-state index < -0.39 is 0 Å². The lowest BCUT2D eigenvalue weighted by Gasteiger charge is -2.86. The standard InChI is InChI=1S/6C9H12/c6*1-5-2-7-4-8-3-6(1)9(5,7)8/h6*5-8H,1-4H2. The van der Waals surface area contributed by atoms with Crippen molar-refractivity contribution >= 4 is 0 Å². The van der Waals surface area contributed by atoms with Crippen LogP contribution in [0.25, 0.3) is 0 Å². The van der Waals surface area contributed by atoms with E-state index in [2.05, 4.69) is 0 Å². The molecule has 0 bridgehead atoms. The van der Waals surface area contributed by atoms with E-state index >= 15 is 0 Å². The van der Waals surface area contributed by atoms with Crippen LogP contribution in [0, 0.1) is 175 Å². The first-order chi connectivity index (χ1) is 26.5. The average Bonchev–Trinajstić information content (AvgIpc) is 2.89. The van der Waals surface area contributed by atoms with Gasteiger partial charge in [-0.3, -0.25) is 0 Å². The van der Waals surface area contributed by atoms with Gasteiger partial charge in [0.2, 0.25) is 0 Å². The molecule has 24 rings (SSSR count). The summed E-state index contributed by atoms with van der Waals surface area (Å²) in [5.74, 6) is 30.0. The largest absolute Gasteiger partial charge is 0.0464 e. The third kappa shape index (κ3) is 2.35. The highest BCUT2D eigenvalue weighted by Crippen LogP contribution is 2.91. The molecule has 0 N–H and O–H groups in total. The molecule has 0 aliphatic heterocycles. The lowest BCUT2D eigenvalue weighted by molar-refractivity contribution is -0.376. The maximum absolute atomic E-state index is 1.63. The maximum atomic E-state index is 1.63. The van der Waals surface area contributed by atoms with Crippen LogP contribution in [0.5, 0.6) is 0 Å². The second-order valence-corrected chi connectivity index (χ2v) is 28.4. The van der Waals surface area contributed by atoms with Gasteiger partial charge in [-0.05, 0) is 329 Å². The Kier molecular flexibility index (Phi) is 4.46. The van der Waals surface area contributed by atoms with Crippen LogP contribution in [0.4, 0.5) is 0 Å². The van der Waals surface area contributed by atoms with E-state index in [1.165, 1.54) is 142 Å². The molecule has 0 atom stereocenters. The predicted octanol–water partition coefficient (Wildman–Crippen LogP) is 12.3. The summed E-state index contributed by atoms with van der Waals surface area (Å²) in [4.78, 5) is 0. The molecule has 0 nitrogen and oxygen atoms in total. The Balaban J connectivity index is 0.0000000576. The van der Waals surface area contributed by atoms with Crippen LogP contribution in [0.1, 0.15) is 154 Å². The molecule has 24 aliphatic rings. The van der Waals surface area contributed by atoms with Crippen LogP contribution in [-0.2, 0) is 0 Å². The molecular formula is C54H72. The summed E-state index contributed by atoms with van der Waals surface area (Å²) in [6.07, 6.45) is 39.2. The highest BCUT2D eigenvalue weighted by atomic mass is 14.9. The molecule has 0 aromatic rings. The van der Waals surface area contributed by atoms with Crippen molar-refractivity contribution in [2.45, 2.75) is 154 Å². The zero-order chi connectivity index (χ0) is 33.8. The van der Waals surface area contributed by atoms with Gasteiger partial charge in [-0.15, -0.1) is 0 Å². The zero-order valence-corrected chi connectivity index (χ0v) is 33.8. The SMILES string of the molecule is C1C2CC3CC4CC1C234.C1C2CC3CC4CC1C234.C1C2CC3CC4CC1C234.C1C2CC3CC4CC1C234.C1C2CC3CC4CC1C234.C1C2CC3CC4CC1C234. The summed E-state index contributed by atoms with van der Waals surface area (Å²) in [6.45, 7) is 0. The quantitative estimate of drug-likeness (QED) is 0.234. The average molecular weight is 721 g/mol. The van der Waals surface area contributed by atoms with Crippen molar-refractivity contribution in [1.29, 1.82) is 0 Å². The van der Waals surface area contributed by atoms with Crippen LogP contribution < -0.4 is 0 Å². The Labute approximate surface area is 327 Å². The van der Waals surface area contributed by atoms with Crippen LogP contribution in [-0.4, -0.2) is 0 Å². The molecule has 24 fully saturated rings. The molecule has 6 spiro atoms. The number of hydrogen-bond acceptors (Lipinski definition) is 0. The molecule has 0 saturated heterocycles. The molecule has 0 heteroatoms. The van der Waals surface area contributed by atoms with Crippen molar-refractivity contribution in [3.8, 4) is 0 Å². The van der Waals surface area contributed by atoms with Gasteiger partial charge in [0.05, 0.1) is 0 Å². The Morgan fingerprint density at radius 3 is 0.185 bits per heavy atom. The summed E-state index contributed by atoms with van der Waals surface area (Å²) in [7, 11) is 0. The summed E-state index contributed by atoms with van der Waals surface area (Å²) in [6, 6.07) is 0. The molecular weight excluding hydrogens is 649 g/mol. The van der Waals surface area contributed by atoms with Gasteiger partial charge in [0.1, 0.15) is 0 Å². The first-order valence-electron chi connectivity index (χ1n) is 26.5. The van der Waals surface area contributed by atoms with Crippen molar-refractivity contribution in [3.63, 3.8) is 0 Å². The van der Waals surface area contributed by atoms with Gasteiger partial charge in [0.25, 0.3) is 0 Å². The molecule has 24 aliphatic carbocycles. The van der Waals surface area contributed by atoms with Crippen molar-refractivity contribution in [3.05, 3.63) is 0 Å². The first kappa shape index (κ1) is 29.3. The Bertz CT molecular complexity index is 1190. The van der Waals surface area contributed by atoms with E-state index in [0.29, 0.717) is 0 Å². The summed E-state index contributed by atoms with van der Waals surface area (Å²) >= 11 is 0. The summed E-state index contributed by atoms with van der Waals surface area (Å²) in [5.41, 5.74) is 6.33. The molecule has 0 amide bonds. The number of hydrogen-bond donors (Lipinski definition) is 0. The highest BCUT2D eigenvalue weighted by molar-refractivity contribution is 5.33. The van der Waals surface area contributed by atoms with E-state index in [9.17, 15) is 0 Å². The fourth-order valence-corrected chi connectivity index (χ4v) is 28.5. The van der Waals surface area contributed by atoms with Crippen molar-refractivity contribution in [2.24, 2.45) is 175 Å². The van der Waals surface area contributed by atoms with E-state index in [-0.39, 0.29) is 0 Å². The first-order valence-corrected chi connectivity index (χ1v) is 26.5. The lowest BCUT2D eigenvalue weighted by atomic mass is 9.18. The van der Waals surface area contributed by atoms with E-state index in [1.54, 1.807) is 154 Å². The Morgan fingerprint density at radius 2 is 0.167 bits per heavy atom. The van der Waals surface area contributed by atoms with E-state index in [1.807, 2.05) is 0 Å². The predicted molar refractivity (Wildman–Crippen MR) is 209 cm³/mol. The maximum Gasteiger partial charge on any atom is -0.0183 e. The van der Waals surface area contributed by atoms with Crippen LogP contribution >= 0.6 is 0 Å². The van der Waals surface area contributed by atoms with Crippen molar-refractivity contribution in [2.75, 3.05) is 0 Å². The van der Waals surface area contributed by atoms with Gasteiger partial charge >= 0.3 is 0 Å². The molecule has 0 radical (unpaired) electrons. The summed E-state index contributed by atoms with van der Waals surface area (Å²) < 4.78 is 0. The Hall–Kier alpha value is 0. The van der Waals surface area contributed by atoms with Gasteiger partial charge in [-0.1, -0.05) is 0 Å². The third-order valence-electron chi connectivity index (χ3n) is 30.6. The molecule has 0 heterocycles. The topological polar surface area (TPSA) is 0 Å². The van der Waals surface area contributed by atoms with Gasteiger partial charge in [0.15, 0.2) is 0 Å². The highest BCUT2D eigenvalue weighted by Gasteiger charge is 2.84. The molecule has 0 aromatic heterocycles. The molecule has 0 unspecified atom stereocenters.